The molecule has 2 unspecified atom stereocenters. The standard InChI is InChI=1S/C18H31N3O.C2H6/c1-9-11-21-16(13(5)10-2)14(6)15(20-21)17(22)19-18(7,8)12(3)4;1-2/h10,14,16H,3,9,11H2,1-2,4-8H3,(H,19,22);1-2H3/b13-10+;. The van der Waals surface area contributed by atoms with Crippen LogP contribution < -0.4 is 5.32 Å². The van der Waals surface area contributed by atoms with E-state index in [0.717, 1.165) is 18.5 Å². The highest BCUT2D eigenvalue weighted by Gasteiger charge is 2.39. The Morgan fingerprint density at radius 1 is 1.38 bits per heavy atom. The molecule has 1 aliphatic heterocycles. The van der Waals surface area contributed by atoms with Crippen molar-refractivity contribution in [1.82, 2.24) is 10.3 Å². The van der Waals surface area contributed by atoms with E-state index < -0.39 is 5.54 Å². The van der Waals surface area contributed by atoms with Crippen molar-refractivity contribution < 1.29 is 4.79 Å². The average Bonchev–Trinajstić information content (AvgIpc) is 2.85. The lowest BCUT2D eigenvalue weighted by molar-refractivity contribution is -0.116. The molecule has 4 nitrogen and oxygen atoms in total. The molecule has 0 saturated heterocycles. The monoisotopic (exact) mass is 335 g/mol. The molecule has 1 heterocycles. The first-order valence-corrected chi connectivity index (χ1v) is 9.12. The van der Waals surface area contributed by atoms with Crippen LogP contribution in [0.25, 0.3) is 0 Å². The number of hydrogen-bond donors (Lipinski definition) is 1. The zero-order chi connectivity index (χ0) is 19.1. The van der Waals surface area contributed by atoms with Gasteiger partial charge < -0.3 is 5.32 Å². The van der Waals surface area contributed by atoms with Gasteiger partial charge in [0.1, 0.15) is 5.71 Å². The summed E-state index contributed by atoms with van der Waals surface area (Å²) < 4.78 is 0. The molecule has 0 spiro atoms. The first kappa shape index (κ1) is 22.4. The van der Waals surface area contributed by atoms with Crippen LogP contribution in [0.4, 0.5) is 0 Å². The summed E-state index contributed by atoms with van der Waals surface area (Å²) in [6.45, 7) is 23.0. The molecule has 0 aromatic carbocycles. The van der Waals surface area contributed by atoms with Crippen LogP contribution in [0.15, 0.2) is 28.9 Å². The van der Waals surface area contributed by atoms with Crippen LogP contribution in [0.3, 0.4) is 0 Å². The molecule has 1 amide bonds. The van der Waals surface area contributed by atoms with Gasteiger partial charge in [0.05, 0.1) is 11.6 Å². The second-order valence-corrected chi connectivity index (χ2v) is 6.77. The third-order valence-corrected chi connectivity index (χ3v) is 4.56. The maximum absolute atomic E-state index is 12.7. The minimum Gasteiger partial charge on any atom is -0.342 e. The summed E-state index contributed by atoms with van der Waals surface area (Å²) in [6.07, 6.45) is 3.12. The number of rotatable bonds is 6. The summed E-state index contributed by atoms with van der Waals surface area (Å²) in [6, 6.07) is 0.179. The Bertz CT molecular complexity index is 503. The molecule has 1 N–H and O–H groups in total. The van der Waals surface area contributed by atoms with E-state index in [0.29, 0.717) is 5.71 Å². The zero-order valence-electron chi connectivity index (χ0n) is 17.2. The number of carbonyl (C=O) groups is 1. The minimum absolute atomic E-state index is 0.0867. The van der Waals surface area contributed by atoms with Crippen molar-refractivity contribution in [3.63, 3.8) is 0 Å². The average molecular weight is 336 g/mol. The van der Waals surface area contributed by atoms with Crippen molar-refractivity contribution in [2.24, 2.45) is 11.0 Å². The number of amides is 1. The Kier molecular flexibility index (Phi) is 9.02. The molecule has 0 aliphatic carbocycles. The van der Waals surface area contributed by atoms with E-state index in [9.17, 15) is 4.79 Å². The topological polar surface area (TPSA) is 44.7 Å². The highest BCUT2D eigenvalue weighted by Crippen LogP contribution is 2.28. The molecule has 0 bridgehead atoms. The van der Waals surface area contributed by atoms with Gasteiger partial charge in [0, 0.05) is 12.5 Å². The first-order chi connectivity index (χ1) is 11.2. The Labute approximate surface area is 149 Å². The van der Waals surface area contributed by atoms with Crippen LogP contribution >= 0.6 is 0 Å². The third kappa shape index (κ3) is 5.22. The molecule has 24 heavy (non-hydrogen) atoms. The first-order valence-electron chi connectivity index (χ1n) is 9.12. The summed E-state index contributed by atoms with van der Waals surface area (Å²) in [5.41, 5.74) is 2.38. The summed E-state index contributed by atoms with van der Waals surface area (Å²) >= 11 is 0. The van der Waals surface area contributed by atoms with Crippen LogP contribution in [-0.2, 0) is 4.79 Å². The molecule has 1 rings (SSSR count). The fraction of sp³-hybridized carbons (Fsp3) is 0.700. The normalized spacial score (nSPS) is 21.0. The van der Waals surface area contributed by atoms with Gasteiger partial charge in [-0.15, -0.1) is 0 Å². The van der Waals surface area contributed by atoms with Crippen molar-refractivity contribution >= 4 is 11.6 Å². The maximum Gasteiger partial charge on any atom is 0.268 e. The summed E-state index contributed by atoms with van der Waals surface area (Å²) in [5.74, 6) is -0.00308. The van der Waals surface area contributed by atoms with Crippen molar-refractivity contribution in [2.75, 3.05) is 6.54 Å². The largest absolute Gasteiger partial charge is 0.342 e. The second-order valence-electron chi connectivity index (χ2n) is 6.77. The summed E-state index contributed by atoms with van der Waals surface area (Å²) in [5, 5.41) is 9.73. The van der Waals surface area contributed by atoms with E-state index in [-0.39, 0.29) is 17.9 Å². The van der Waals surface area contributed by atoms with E-state index in [1.165, 1.54) is 5.57 Å². The highest BCUT2D eigenvalue weighted by atomic mass is 16.2. The molecule has 0 fully saturated rings. The van der Waals surface area contributed by atoms with Crippen LogP contribution in [0, 0.1) is 5.92 Å². The molecule has 2 atom stereocenters. The molecular formula is C20H37N3O. The Balaban J connectivity index is 0.00000254. The third-order valence-electron chi connectivity index (χ3n) is 4.56. The van der Waals surface area contributed by atoms with E-state index >= 15 is 0 Å². The van der Waals surface area contributed by atoms with Gasteiger partial charge in [-0.3, -0.25) is 9.80 Å². The van der Waals surface area contributed by atoms with Gasteiger partial charge in [-0.05, 0) is 41.0 Å². The van der Waals surface area contributed by atoms with Crippen LogP contribution in [-0.4, -0.2) is 34.8 Å². The zero-order valence-corrected chi connectivity index (χ0v) is 17.2. The van der Waals surface area contributed by atoms with E-state index in [4.69, 9.17) is 0 Å². The minimum atomic E-state index is -0.428. The van der Waals surface area contributed by atoms with Gasteiger partial charge in [-0.25, -0.2) is 0 Å². The predicted octanol–water partition coefficient (Wildman–Crippen LogP) is 4.54. The van der Waals surface area contributed by atoms with Gasteiger partial charge in [-0.2, -0.15) is 5.10 Å². The lowest BCUT2D eigenvalue weighted by atomic mass is 9.90. The molecule has 0 saturated carbocycles. The fourth-order valence-corrected chi connectivity index (χ4v) is 2.62. The van der Waals surface area contributed by atoms with Crippen LogP contribution in [0.1, 0.15) is 68.7 Å². The number of hydrazone groups is 1. The molecule has 138 valence electrons. The molecule has 4 heteroatoms. The number of carbonyl (C=O) groups excluding carboxylic acids is 1. The maximum atomic E-state index is 12.7. The number of nitrogens with zero attached hydrogens (tertiary/aromatic N) is 2. The highest BCUT2D eigenvalue weighted by molar-refractivity contribution is 6.40. The molecule has 0 aromatic rings. The molecule has 0 aromatic heterocycles. The SMILES string of the molecule is C=C(C)C(C)(C)NC(=O)C1=NN(CCC)C(/C(C)=C/C)C1C.CC. The lowest BCUT2D eigenvalue weighted by Gasteiger charge is -2.28. The number of hydrogen-bond acceptors (Lipinski definition) is 3. The second kappa shape index (κ2) is 9.65. The smallest absolute Gasteiger partial charge is 0.268 e. The summed E-state index contributed by atoms with van der Waals surface area (Å²) in [4.78, 5) is 12.7. The quantitative estimate of drug-likeness (QED) is 0.724. The van der Waals surface area contributed by atoms with Gasteiger partial charge in [0.25, 0.3) is 5.91 Å². The predicted molar refractivity (Wildman–Crippen MR) is 105 cm³/mol. The fourth-order valence-electron chi connectivity index (χ4n) is 2.62. The number of nitrogens with one attached hydrogen (secondary N) is 1. The van der Waals surface area contributed by atoms with Gasteiger partial charge >= 0.3 is 0 Å². The Morgan fingerprint density at radius 3 is 2.33 bits per heavy atom. The van der Waals surface area contributed by atoms with E-state index in [1.54, 1.807) is 0 Å². The Hall–Kier alpha value is -1.58. The number of allylic oxidation sites excluding steroid dienone is 1. The van der Waals surface area contributed by atoms with Gasteiger partial charge in [0.2, 0.25) is 0 Å². The van der Waals surface area contributed by atoms with Crippen molar-refractivity contribution in [2.45, 2.75) is 80.3 Å². The Morgan fingerprint density at radius 2 is 1.92 bits per heavy atom. The molecular weight excluding hydrogens is 298 g/mol. The van der Waals surface area contributed by atoms with Crippen LogP contribution in [0.5, 0.6) is 0 Å². The van der Waals surface area contributed by atoms with Crippen molar-refractivity contribution in [3.8, 4) is 0 Å². The van der Waals surface area contributed by atoms with E-state index in [2.05, 4.69) is 48.9 Å². The van der Waals surface area contributed by atoms with Gasteiger partial charge in [-0.1, -0.05) is 51.5 Å². The lowest BCUT2D eigenvalue weighted by Crippen LogP contribution is -2.48. The molecule has 1 aliphatic rings. The van der Waals surface area contributed by atoms with Crippen molar-refractivity contribution in [3.05, 3.63) is 23.8 Å². The van der Waals surface area contributed by atoms with Crippen molar-refractivity contribution in [1.29, 1.82) is 0 Å². The van der Waals surface area contributed by atoms with Crippen LogP contribution in [0.2, 0.25) is 0 Å². The van der Waals surface area contributed by atoms with E-state index in [1.807, 2.05) is 41.5 Å². The van der Waals surface area contributed by atoms with Gasteiger partial charge in [0.15, 0.2) is 0 Å². The summed E-state index contributed by atoms with van der Waals surface area (Å²) in [7, 11) is 0. The molecule has 0 radical (unpaired) electrons.